The summed E-state index contributed by atoms with van der Waals surface area (Å²) in [5, 5.41) is 0. The molecule has 0 N–H and O–H groups in total. The highest BCUT2D eigenvalue weighted by Crippen LogP contribution is 2.44. The molecule has 0 aromatic rings. The minimum Gasteiger partial charge on any atom is -0.461 e. The molecule has 140 valence electrons. The molecule has 1 rings (SSSR count). The van der Waals surface area contributed by atoms with Crippen LogP contribution >= 0.6 is 0 Å². The van der Waals surface area contributed by atoms with Gasteiger partial charge in [0.1, 0.15) is 0 Å². The first kappa shape index (κ1) is 21.4. The molecular formula is C19H35FO3Si. The maximum absolute atomic E-state index is 14.4. The lowest BCUT2D eigenvalue weighted by atomic mass is 10.0. The Kier molecular flexibility index (Phi) is 8.13. The third kappa shape index (κ3) is 4.48. The molecule has 5 heteroatoms. The van der Waals surface area contributed by atoms with Crippen molar-refractivity contribution in [3.8, 4) is 0 Å². The van der Waals surface area contributed by atoms with Crippen molar-refractivity contribution in [1.29, 1.82) is 0 Å². The van der Waals surface area contributed by atoms with Gasteiger partial charge in [0.15, 0.2) is 8.32 Å². The summed E-state index contributed by atoms with van der Waals surface area (Å²) in [6.45, 7) is 15.9. The van der Waals surface area contributed by atoms with Crippen molar-refractivity contribution in [1.82, 2.24) is 0 Å². The van der Waals surface area contributed by atoms with E-state index in [9.17, 15) is 9.18 Å². The van der Waals surface area contributed by atoms with Gasteiger partial charge in [0.2, 0.25) is 5.83 Å². The van der Waals surface area contributed by atoms with E-state index in [0.29, 0.717) is 35.2 Å². The topological polar surface area (TPSA) is 35.5 Å². The lowest BCUT2D eigenvalue weighted by molar-refractivity contribution is -0.140. The van der Waals surface area contributed by atoms with Crippen LogP contribution in [0.4, 0.5) is 4.39 Å². The monoisotopic (exact) mass is 358 g/mol. The molecule has 0 saturated heterocycles. The van der Waals surface area contributed by atoms with Crippen molar-refractivity contribution in [3.63, 3.8) is 0 Å². The molecule has 1 saturated carbocycles. The molecule has 0 amide bonds. The molecule has 1 aliphatic rings. The predicted molar refractivity (Wildman–Crippen MR) is 99.1 cm³/mol. The second-order valence-corrected chi connectivity index (χ2v) is 13.2. The first-order valence-electron chi connectivity index (χ1n) is 9.37. The first-order valence-corrected chi connectivity index (χ1v) is 11.5. The second kappa shape index (κ2) is 9.14. The van der Waals surface area contributed by atoms with E-state index in [1.54, 1.807) is 6.92 Å². The highest BCUT2D eigenvalue weighted by atomic mass is 28.4. The molecule has 1 fully saturated rings. The number of rotatable bonds is 8. The van der Waals surface area contributed by atoms with Crippen LogP contribution < -0.4 is 0 Å². The summed E-state index contributed by atoms with van der Waals surface area (Å²) in [6.07, 6.45) is 2.44. The zero-order valence-electron chi connectivity index (χ0n) is 16.4. The van der Waals surface area contributed by atoms with Crippen molar-refractivity contribution < 1.29 is 18.3 Å². The summed E-state index contributed by atoms with van der Waals surface area (Å²) in [4.78, 5) is 11.7. The standard InChI is InChI=1S/C19H35FO3Si/c1-8-22-19(21)18(20)17-11-9-10-16(17)12-23-24(13(2)3,14(4)5)15(6)7/h13-16H,8-12H2,1-7H3/b18-17+. The van der Waals surface area contributed by atoms with Crippen LogP contribution in [0.15, 0.2) is 11.4 Å². The van der Waals surface area contributed by atoms with Crippen LogP contribution in [0.25, 0.3) is 0 Å². The third-order valence-electron chi connectivity index (χ3n) is 5.47. The van der Waals surface area contributed by atoms with E-state index in [1.165, 1.54) is 0 Å². The summed E-state index contributed by atoms with van der Waals surface area (Å²) < 4.78 is 25.8. The van der Waals surface area contributed by atoms with Gasteiger partial charge < -0.3 is 9.16 Å². The second-order valence-electron chi connectivity index (χ2n) is 7.78. The molecular weight excluding hydrogens is 323 g/mol. The lowest BCUT2D eigenvalue weighted by Gasteiger charge is -2.42. The van der Waals surface area contributed by atoms with Gasteiger partial charge >= 0.3 is 5.97 Å². The van der Waals surface area contributed by atoms with Crippen LogP contribution in [0, 0.1) is 5.92 Å². The van der Waals surface area contributed by atoms with Crippen LogP contribution in [0.1, 0.15) is 67.7 Å². The number of hydrogen-bond acceptors (Lipinski definition) is 3. The Labute approximate surface area is 148 Å². The Morgan fingerprint density at radius 1 is 1.17 bits per heavy atom. The van der Waals surface area contributed by atoms with Gasteiger partial charge in [-0.15, -0.1) is 0 Å². The maximum atomic E-state index is 14.4. The minimum absolute atomic E-state index is 0.0116. The van der Waals surface area contributed by atoms with E-state index in [2.05, 4.69) is 41.5 Å². The fourth-order valence-corrected chi connectivity index (χ4v) is 9.95. The van der Waals surface area contributed by atoms with Crippen molar-refractivity contribution in [2.45, 2.75) is 84.4 Å². The van der Waals surface area contributed by atoms with Crippen molar-refractivity contribution in [3.05, 3.63) is 11.4 Å². The Balaban J connectivity index is 2.94. The average molecular weight is 359 g/mol. The minimum atomic E-state index is -1.96. The van der Waals surface area contributed by atoms with Gasteiger partial charge in [0.05, 0.1) is 6.61 Å². The lowest BCUT2D eigenvalue weighted by Crippen LogP contribution is -2.48. The van der Waals surface area contributed by atoms with Gasteiger partial charge in [-0.25, -0.2) is 4.79 Å². The Bertz CT molecular complexity index is 436. The van der Waals surface area contributed by atoms with Crippen LogP contribution in [-0.4, -0.2) is 27.5 Å². The fraction of sp³-hybridized carbons (Fsp3) is 0.842. The van der Waals surface area contributed by atoms with Crippen LogP contribution in [0.3, 0.4) is 0 Å². The van der Waals surface area contributed by atoms with Gasteiger partial charge in [-0.05, 0) is 48.4 Å². The van der Waals surface area contributed by atoms with E-state index in [1.807, 2.05) is 0 Å². The molecule has 1 unspecified atom stereocenters. The molecule has 0 aromatic carbocycles. The summed E-state index contributed by atoms with van der Waals surface area (Å²) in [5.74, 6) is -1.49. The van der Waals surface area contributed by atoms with Crippen molar-refractivity contribution >= 4 is 14.3 Å². The van der Waals surface area contributed by atoms with Gasteiger partial charge in [0.25, 0.3) is 0 Å². The Morgan fingerprint density at radius 2 is 1.71 bits per heavy atom. The molecule has 0 bridgehead atoms. The summed E-state index contributed by atoms with van der Waals surface area (Å²) in [7, 11) is -1.96. The third-order valence-corrected chi connectivity index (χ3v) is 11.6. The highest BCUT2D eigenvalue weighted by Gasteiger charge is 2.45. The van der Waals surface area contributed by atoms with Gasteiger partial charge in [-0.2, -0.15) is 4.39 Å². The predicted octanol–water partition coefficient (Wildman–Crippen LogP) is 5.77. The maximum Gasteiger partial charge on any atom is 0.367 e. The van der Waals surface area contributed by atoms with Crippen molar-refractivity contribution in [2.75, 3.05) is 13.2 Å². The number of halogens is 1. The van der Waals surface area contributed by atoms with Gasteiger partial charge in [-0.3, -0.25) is 0 Å². The number of carbonyl (C=O) groups excluding carboxylic acids is 1. The highest BCUT2D eigenvalue weighted by molar-refractivity contribution is 6.77. The molecule has 0 radical (unpaired) electrons. The number of carbonyl (C=O) groups is 1. The smallest absolute Gasteiger partial charge is 0.367 e. The van der Waals surface area contributed by atoms with E-state index in [0.717, 1.165) is 12.8 Å². The zero-order chi connectivity index (χ0) is 18.5. The van der Waals surface area contributed by atoms with Gasteiger partial charge in [-0.1, -0.05) is 41.5 Å². The van der Waals surface area contributed by atoms with Crippen LogP contribution in [-0.2, 0) is 14.0 Å². The van der Waals surface area contributed by atoms with E-state index >= 15 is 0 Å². The molecule has 1 atom stereocenters. The first-order chi connectivity index (χ1) is 11.2. The molecule has 24 heavy (non-hydrogen) atoms. The molecule has 0 aliphatic heterocycles. The number of esters is 1. The molecule has 0 aromatic heterocycles. The molecule has 3 nitrogen and oxygen atoms in total. The summed E-state index contributed by atoms with van der Waals surface area (Å²) in [5.41, 5.74) is 2.11. The van der Waals surface area contributed by atoms with E-state index in [4.69, 9.17) is 9.16 Å². The largest absolute Gasteiger partial charge is 0.461 e. The van der Waals surface area contributed by atoms with Gasteiger partial charge in [0, 0.05) is 12.5 Å². The van der Waals surface area contributed by atoms with Crippen LogP contribution in [0.5, 0.6) is 0 Å². The quantitative estimate of drug-likeness (QED) is 0.314. The fourth-order valence-electron chi connectivity index (χ4n) is 4.46. The summed E-state index contributed by atoms with van der Waals surface area (Å²) >= 11 is 0. The van der Waals surface area contributed by atoms with Crippen LogP contribution in [0.2, 0.25) is 16.6 Å². The van der Waals surface area contributed by atoms with Crippen molar-refractivity contribution in [2.24, 2.45) is 5.92 Å². The molecule has 0 heterocycles. The zero-order valence-corrected chi connectivity index (χ0v) is 17.4. The Hall–Kier alpha value is -0.683. The summed E-state index contributed by atoms with van der Waals surface area (Å²) in [6, 6.07) is 0. The molecule has 1 aliphatic carbocycles. The Morgan fingerprint density at radius 3 is 2.17 bits per heavy atom. The van der Waals surface area contributed by atoms with E-state index in [-0.39, 0.29) is 12.5 Å². The number of ether oxygens (including phenoxy) is 1. The number of hydrogen-bond donors (Lipinski definition) is 0. The van der Waals surface area contributed by atoms with E-state index < -0.39 is 20.1 Å². The normalized spacial score (nSPS) is 21.0. The molecule has 0 spiro atoms. The average Bonchev–Trinajstić information content (AvgIpc) is 2.94. The SMILES string of the molecule is CCOC(=O)/C(F)=C1/CCCC1CO[Si](C(C)C)(C(C)C)C(C)C.